The van der Waals surface area contributed by atoms with Gasteiger partial charge in [0.15, 0.2) is 17.3 Å². The highest BCUT2D eigenvalue weighted by atomic mass is 35.5. The summed E-state index contributed by atoms with van der Waals surface area (Å²) in [6.07, 6.45) is 5.10. The highest BCUT2D eigenvalue weighted by Crippen LogP contribution is 2.27. The van der Waals surface area contributed by atoms with Gasteiger partial charge in [0.2, 0.25) is 0 Å². The van der Waals surface area contributed by atoms with Gasteiger partial charge in [0, 0.05) is 18.1 Å². The molecule has 152 valence electrons. The molecule has 0 aliphatic carbocycles. The smallest absolute Gasteiger partial charge is 0.291 e. The predicted octanol–water partition coefficient (Wildman–Crippen LogP) is 4.96. The van der Waals surface area contributed by atoms with E-state index in [1.807, 2.05) is 12.1 Å². The number of methoxy groups -OCH3 is 1. The number of ether oxygens (including phenoxy) is 2. The van der Waals surface area contributed by atoms with E-state index in [1.165, 1.54) is 0 Å². The average Bonchev–Trinajstić information content (AvgIpc) is 3.45. The van der Waals surface area contributed by atoms with E-state index in [2.05, 4.69) is 10.3 Å². The largest absolute Gasteiger partial charge is 0.493 e. The van der Waals surface area contributed by atoms with Crippen LogP contribution in [0.15, 0.2) is 77.7 Å². The molecule has 0 atom stereocenters. The van der Waals surface area contributed by atoms with Crippen LogP contribution < -0.4 is 14.8 Å². The van der Waals surface area contributed by atoms with Gasteiger partial charge in [0.05, 0.1) is 24.1 Å². The molecular formula is C22H18ClN3O4. The Labute approximate surface area is 177 Å². The fourth-order valence-corrected chi connectivity index (χ4v) is 3.13. The summed E-state index contributed by atoms with van der Waals surface area (Å²) in [5, 5.41) is 3.26. The van der Waals surface area contributed by atoms with E-state index in [1.54, 1.807) is 72.9 Å². The lowest BCUT2D eigenvalue weighted by Gasteiger charge is -2.09. The monoisotopic (exact) mass is 423 g/mol. The second kappa shape index (κ2) is 8.75. The first-order valence-electron chi connectivity index (χ1n) is 9.08. The van der Waals surface area contributed by atoms with Crippen molar-refractivity contribution in [2.75, 3.05) is 12.4 Å². The van der Waals surface area contributed by atoms with E-state index in [-0.39, 0.29) is 18.3 Å². The van der Waals surface area contributed by atoms with Gasteiger partial charge in [-0.25, -0.2) is 4.98 Å². The Morgan fingerprint density at radius 3 is 2.73 bits per heavy atom. The van der Waals surface area contributed by atoms with Crippen molar-refractivity contribution in [2.24, 2.45) is 0 Å². The summed E-state index contributed by atoms with van der Waals surface area (Å²) in [7, 11) is 1.58. The van der Waals surface area contributed by atoms with E-state index in [0.29, 0.717) is 28.0 Å². The summed E-state index contributed by atoms with van der Waals surface area (Å²) in [4.78, 5) is 16.5. The van der Waals surface area contributed by atoms with Crippen molar-refractivity contribution in [3.63, 3.8) is 0 Å². The fourth-order valence-electron chi connectivity index (χ4n) is 2.85. The zero-order valence-corrected chi connectivity index (χ0v) is 16.8. The van der Waals surface area contributed by atoms with E-state index >= 15 is 0 Å². The second-order valence-electron chi connectivity index (χ2n) is 6.30. The van der Waals surface area contributed by atoms with Crippen LogP contribution in [0.2, 0.25) is 5.02 Å². The van der Waals surface area contributed by atoms with Gasteiger partial charge in [0.25, 0.3) is 5.91 Å². The van der Waals surface area contributed by atoms with Gasteiger partial charge in [0.1, 0.15) is 12.4 Å². The third-order valence-corrected chi connectivity index (χ3v) is 4.62. The first kappa shape index (κ1) is 19.6. The Hall–Kier alpha value is -3.71. The molecule has 0 bridgehead atoms. The molecule has 4 aromatic rings. The number of halogens is 1. The molecule has 0 saturated heterocycles. The summed E-state index contributed by atoms with van der Waals surface area (Å²) < 4.78 is 18.4. The molecular weight excluding hydrogens is 406 g/mol. The molecule has 30 heavy (non-hydrogen) atoms. The van der Waals surface area contributed by atoms with Crippen LogP contribution in [0.5, 0.6) is 11.5 Å². The van der Waals surface area contributed by atoms with Crippen LogP contribution in [0, 0.1) is 0 Å². The number of nitrogens with one attached hydrogen (secondary N) is 1. The minimum Gasteiger partial charge on any atom is -0.493 e. The predicted molar refractivity (Wildman–Crippen MR) is 113 cm³/mol. The summed E-state index contributed by atoms with van der Waals surface area (Å²) >= 11 is 6.33. The Balaban J connectivity index is 1.40. The third kappa shape index (κ3) is 4.31. The number of hydrogen-bond donors (Lipinski definition) is 1. The van der Waals surface area contributed by atoms with Crippen LogP contribution in [-0.4, -0.2) is 22.6 Å². The number of anilines is 1. The van der Waals surface area contributed by atoms with Gasteiger partial charge in [-0.05, 0) is 42.5 Å². The summed E-state index contributed by atoms with van der Waals surface area (Å²) in [5.74, 6) is 1.51. The molecule has 2 aromatic heterocycles. The molecule has 1 amide bonds. The first-order chi connectivity index (χ1) is 14.6. The molecule has 0 radical (unpaired) electrons. The molecule has 0 unspecified atom stereocenters. The van der Waals surface area contributed by atoms with Crippen LogP contribution in [0.25, 0.3) is 5.69 Å². The van der Waals surface area contributed by atoms with Crippen molar-refractivity contribution in [3.8, 4) is 17.2 Å². The number of benzene rings is 2. The van der Waals surface area contributed by atoms with Gasteiger partial charge in [-0.3, -0.25) is 4.79 Å². The lowest BCUT2D eigenvalue weighted by molar-refractivity contribution is 0.0992. The zero-order valence-electron chi connectivity index (χ0n) is 16.0. The Morgan fingerprint density at radius 1 is 1.17 bits per heavy atom. The van der Waals surface area contributed by atoms with E-state index in [0.717, 1.165) is 5.69 Å². The normalized spacial score (nSPS) is 10.6. The van der Waals surface area contributed by atoms with Crippen molar-refractivity contribution in [2.45, 2.75) is 6.61 Å². The number of amides is 1. The molecule has 8 heteroatoms. The fraction of sp³-hybridized carbons (Fsp3) is 0.0909. The highest BCUT2D eigenvalue weighted by molar-refractivity contribution is 6.32. The summed E-state index contributed by atoms with van der Waals surface area (Å²) in [6, 6.07) is 15.8. The van der Waals surface area contributed by atoms with Crippen molar-refractivity contribution in [3.05, 3.63) is 89.9 Å². The van der Waals surface area contributed by atoms with Gasteiger partial charge < -0.3 is 23.8 Å². The van der Waals surface area contributed by atoms with Gasteiger partial charge in [-0.1, -0.05) is 23.7 Å². The number of furan rings is 1. The van der Waals surface area contributed by atoms with Crippen molar-refractivity contribution < 1.29 is 18.7 Å². The second-order valence-corrected chi connectivity index (χ2v) is 6.70. The molecule has 0 aliphatic heterocycles. The van der Waals surface area contributed by atoms with Crippen molar-refractivity contribution in [1.82, 2.24) is 9.55 Å². The molecule has 7 nitrogen and oxygen atoms in total. The van der Waals surface area contributed by atoms with E-state index < -0.39 is 0 Å². The minimum absolute atomic E-state index is 0.166. The number of nitrogens with zero attached hydrogens (tertiary/aromatic N) is 2. The summed E-state index contributed by atoms with van der Waals surface area (Å²) in [6.45, 7) is 0.166. The number of hydrogen-bond acceptors (Lipinski definition) is 5. The lowest BCUT2D eigenvalue weighted by atomic mass is 10.2. The molecule has 1 N–H and O–H groups in total. The molecule has 0 spiro atoms. The topological polar surface area (TPSA) is 78.5 Å². The lowest BCUT2D eigenvalue weighted by Crippen LogP contribution is -2.11. The van der Waals surface area contributed by atoms with Crippen LogP contribution in [0.3, 0.4) is 0 Å². The van der Waals surface area contributed by atoms with E-state index in [4.69, 9.17) is 25.5 Å². The van der Waals surface area contributed by atoms with Crippen molar-refractivity contribution >= 4 is 23.2 Å². The number of carbonyl (C=O) groups is 1. The van der Waals surface area contributed by atoms with Gasteiger partial charge in [-0.15, -0.1) is 0 Å². The maximum absolute atomic E-state index is 12.5. The zero-order chi connectivity index (χ0) is 20.9. The molecule has 2 aromatic carbocycles. The molecule has 2 heterocycles. The van der Waals surface area contributed by atoms with Gasteiger partial charge in [-0.2, -0.15) is 0 Å². The maximum atomic E-state index is 12.5. The highest BCUT2D eigenvalue weighted by Gasteiger charge is 2.14. The average molecular weight is 424 g/mol. The first-order valence-corrected chi connectivity index (χ1v) is 9.45. The van der Waals surface area contributed by atoms with Crippen LogP contribution in [0.4, 0.5) is 5.69 Å². The number of rotatable bonds is 7. The number of aromatic nitrogens is 2. The molecule has 4 rings (SSSR count). The van der Waals surface area contributed by atoms with Crippen LogP contribution in [0.1, 0.15) is 16.3 Å². The molecule has 0 aliphatic rings. The number of carbonyl (C=O) groups excluding carboxylic acids is 1. The van der Waals surface area contributed by atoms with Gasteiger partial charge >= 0.3 is 0 Å². The molecule has 0 fully saturated rings. The standard InChI is InChI=1S/C22H18ClN3O4/c1-28-19-4-2-3-5-20(19)29-13-16-7-9-21(30-16)22(27)25-15-6-8-18(17(23)12-15)26-11-10-24-14-26/h2-12,14H,13H2,1H3,(H,25,27). The summed E-state index contributed by atoms with van der Waals surface area (Å²) in [5.41, 5.74) is 1.32. The van der Waals surface area contributed by atoms with Crippen molar-refractivity contribution in [1.29, 1.82) is 0 Å². The van der Waals surface area contributed by atoms with E-state index in [9.17, 15) is 4.79 Å². The Kier molecular flexibility index (Phi) is 5.72. The molecule has 0 saturated carbocycles. The number of imidazole rings is 1. The van der Waals surface area contributed by atoms with Crippen LogP contribution in [-0.2, 0) is 6.61 Å². The number of para-hydroxylation sites is 2. The Bertz CT molecular complexity index is 1150. The third-order valence-electron chi connectivity index (χ3n) is 4.31. The van der Waals surface area contributed by atoms with Crippen LogP contribution >= 0.6 is 11.6 Å². The quantitative estimate of drug-likeness (QED) is 0.454. The Morgan fingerprint density at radius 2 is 2.00 bits per heavy atom. The maximum Gasteiger partial charge on any atom is 0.291 e. The SMILES string of the molecule is COc1ccccc1OCc1ccc(C(=O)Nc2ccc(-n3ccnc3)c(Cl)c2)o1. The minimum atomic E-state index is -0.384.